The van der Waals surface area contributed by atoms with Crippen molar-refractivity contribution in [1.82, 2.24) is 9.29 Å². The van der Waals surface area contributed by atoms with Gasteiger partial charge >= 0.3 is 0 Å². The van der Waals surface area contributed by atoms with E-state index in [4.69, 9.17) is 14.2 Å². The number of benzene rings is 2. The Kier molecular flexibility index (Phi) is 5.98. The summed E-state index contributed by atoms with van der Waals surface area (Å²) in [6.07, 6.45) is 0. The Hall–Kier alpha value is -3.24. The van der Waals surface area contributed by atoms with Gasteiger partial charge in [-0.15, -0.1) is 0 Å². The second-order valence-electron chi connectivity index (χ2n) is 6.99. The number of nitrogens with zero attached hydrogens (tertiary/aromatic N) is 2. The molecule has 2 heterocycles. The first kappa shape index (κ1) is 22.0. The van der Waals surface area contributed by atoms with Gasteiger partial charge in [0.25, 0.3) is 0 Å². The molecule has 0 atom stereocenters. The van der Waals surface area contributed by atoms with Crippen LogP contribution in [0.2, 0.25) is 0 Å². The van der Waals surface area contributed by atoms with Gasteiger partial charge in [-0.3, -0.25) is 0 Å². The first-order chi connectivity index (χ1) is 15.3. The molecule has 32 heavy (non-hydrogen) atoms. The van der Waals surface area contributed by atoms with E-state index in [2.05, 4.69) is 4.98 Å². The summed E-state index contributed by atoms with van der Waals surface area (Å²) in [7, 11) is -1.10. The number of rotatable bonds is 5. The fourth-order valence-electron chi connectivity index (χ4n) is 3.44. The van der Waals surface area contributed by atoms with Crippen molar-refractivity contribution in [3.05, 3.63) is 65.7 Å². The third kappa shape index (κ3) is 4.11. The van der Waals surface area contributed by atoms with Gasteiger partial charge in [-0.2, -0.15) is 4.31 Å². The molecular formula is C22H20F2N2O5S. The van der Waals surface area contributed by atoms with E-state index in [0.717, 1.165) is 16.4 Å². The highest BCUT2D eigenvalue weighted by Crippen LogP contribution is 2.39. The van der Waals surface area contributed by atoms with Crippen LogP contribution in [-0.4, -0.2) is 45.1 Å². The number of halogens is 2. The molecule has 0 saturated carbocycles. The van der Waals surface area contributed by atoms with Crippen molar-refractivity contribution in [2.45, 2.75) is 11.4 Å². The maximum atomic E-state index is 13.7. The quantitative estimate of drug-likeness (QED) is 0.576. The summed E-state index contributed by atoms with van der Waals surface area (Å²) in [6, 6.07) is 11.3. The Morgan fingerprint density at radius 1 is 1.03 bits per heavy atom. The van der Waals surface area contributed by atoms with Crippen LogP contribution in [0.25, 0.3) is 11.3 Å². The fourth-order valence-corrected chi connectivity index (χ4v) is 4.85. The van der Waals surface area contributed by atoms with E-state index in [-0.39, 0.29) is 24.6 Å². The first-order valence-corrected chi connectivity index (χ1v) is 11.1. The normalized spacial score (nSPS) is 14.2. The summed E-state index contributed by atoms with van der Waals surface area (Å²) in [5, 5.41) is 0. The minimum absolute atomic E-state index is 0.0197. The number of ether oxygens (including phenoxy) is 3. The van der Waals surface area contributed by atoms with Crippen LogP contribution in [0.15, 0.2) is 53.4 Å². The van der Waals surface area contributed by atoms with Crippen LogP contribution in [0.1, 0.15) is 5.56 Å². The number of fused-ring (bicyclic) bond motifs is 1. The lowest BCUT2D eigenvalue weighted by atomic mass is 10.1. The fraction of sp³-hybridized carbons (Fsp3) is 0.227. The molecule has 1 aromatic heterocycles. The molecule has 10 heteroatoms. The van der Waals surface area contributed by atoms with Crippen molar-refractivity contribution < 1.29 is 31.4 Å². The molecule has 1 aliphatic rings. The molecule has 1 aliphatic heterocycles. The van der Waals surface area contributed by atoms with Crippen molar-refractivity contribution in [3.8, 4) is 28.6 Å². The van der Waals surface area contributed by atoms with E-state index in [1.807, 2.05) is 0 Å². The average molecular weight is 462 g/mol. The molecule has 0 aliphatic carbocycles. The molecule has 168 valence electrons. The monoisotopic (exact) mass is 462 g/mol. The molecule has 2 aromatic carbocycles. The highest BCUT2D eigenvalue weighted by Gasteiger charge is 2.30. The standard InChI is InChI=1S/C22H20F2N2O5S/c1-29-20-11-14(19-4-3-5-21(25-19)30-2)10-15-13-26(8-9-31-22(15)20)32(27,28)16-6-7-17(23)18(24)12-16/h3-7,10-12H,8-9,13H2,1-2H3. The zero-order valence-electron chi connectivity index (χ0n) is 17.3. The van der Waals surface area contributed by atoms with Crippen LogP contribution in [-0.2, 0) is 16.6 Å². The molecule has 0 amide bonds. The van der Waals surface area contributed by atoms with E-state index in [0.29, 0.717) is 40.3 Å². The van der Waals surface area contributed by atoms with E-state index < -0.39 is 21.7 Å². The lowest BCUT2D eigenvalue weighted by Gasteiger charge is -2.20. The topological polar surface area (TPSA) is 78.0 Å². The van der Waals surface area contributed by atoms with Crippen LogP contribution in [0.4, 0.5) is 8.78 Å². The number of hydrogen-bond donors (Lipinski definition) is 0. The lowest BCUT2D eigenvalue weighted by Crippen LogP contribution is -2.32. The molecule has 0 radical (unpaired) electrons. The number of methoxy groups -OCH3 is 2. The number of pyridine rings is 1. The summed E-state index contributed by atoms with van der Waals surface area (Å²) in [5.41, 5.74) is 1.83. The summed E-state index contributed by atoms with van der Waals surface area (Å²) >= 11 is 0. The highest BCUT2D eigenvalue weighted by molar-refractivity contribution is 7.89. The molecule has 4 rings (SSSR count). The zero-order valence-corrected chi connectivity index (χ0v) is 18.2. The third-order valence-electron chi connectivity index (χ3n) is 5.04. The Morgan fingerprint density at radius 2 is 1.84 bits per heavy atom. The number of sulfonamides is 1. The van der Waals surface area contributed by atoms with Gasteiger partial charge in [-0.25, -0.2) is 22.2 Å². The Morgan fingerprint density at radius 3 is 2.56 bits per heavy atom. The van der Waals surface area contributed by atoms with Crippen molar-refractivity contribution in [2.24, 2.45) is 0 Å². The van der Waals surface area contributed by atoms with Crippen molar-refractivity contribution in [3.63, 3.8) is 0 Å². The molecule has 3 aromatic rings. The van der Waals surface area contributed by atoms with Crippen LogP contribution in [0.3, 0.4) is 0 Å². The van der Waals surface area contributed by atoms with Crippen molar-refractivity contribution >= 4 is 10.0 Å². The lowest BCUT2D eigenvalue weighted by molar-refractivity contribution is 0.279. The van der Waals surface area contributed by atoms with Gasteiger partial charge in [0.15, 0.2) is 23.1 Å². The van der Waals surface area contributed by atoms with Crippen LogP contribution >= 0.6 is 0 Å². The molecule has 0 bridgehead atoms. The first-order valence-electron chi connectivity index (χ1n) is 9.64. The SMILES string of the molecule is COc1cccc(-c2cc3c(c(OC)c2)OCCN(S(=O)(=O)c2ccc(F)c(F)c2)C3)n1. The molecule has 0 unspecified atom stereocenters. The number of aromatic nitrogens is 1. The summed E-state index contributed by atoms with van der Waals surface area (Å²) in [4.78, 5) is 4.08. The van der Waals surface area contributed by atoms with Crippen LogP contribution in [0.5, 0.6) is 17.4 Å². The van der Waals surface area contributed by atoms with Gasteiger partial charge in [-0.1, -0.05) is 6.07 Å². The molecule has 0 N–H and O–H groups in total. The predicted molar refractivity (Wildman–Crippen MR) is 112 cm³/mol. The summed E-state index contributed by atoms with van der Waals surface area (Å²) in [6.45, 7) is 0.0275. The van der Waals surface area contributed by atoms with Crippen molar-refractivity contribution in [1.29, 1.82) is 0 Å². The Labute approximate surface area is 184 Å². The summed E-state index contributed by atoms with van der Waals surface area (Å²) < 4.78 is 70.9. The minimum Gasteiger partial charge on any atom is -0.493 e. The molecule has 0 fully saturated rings. The third-order valence-corrected chi connectivity index (χ3v) is 6.88. The molecular weight excluding hydrogens is 442 g/mol. The van der Waals surface area contributed by atoms with E-state index >= 15 is 0 Å². The molecule has 0 saturated heterocycles. The maximum absolute atomic E-state index is 13.7. The number of hydrogen-bond acceptors (Lipinski definition) is 6. The van der Waals surface area contributed by atoms with Gasteiger partial charge in [0.2, 0.25) is 15.9 Å². The Balaban J connectivity index is 1.76. The zero-order chi connectivity index (χ0) is 22.9. The second kappa shape index (κ2) is 8.71. The maximum Gasteiger partial charge on any atom is 0.243 e. The Bertz CT molecular complexity index is 1270. The molecule has 7 nitrogen and oxygen atoms in total. The highest BCUT2D eigenvalue weighted by atomic mass is 32.2. The van der Waals surface area contributed by atoms with Gasteiger partial charge in [0.05, 0.1) is 24.8 Å². The largest absolute Gasteiger partial charge is 0.493 e. The van der Waals surface area contributed by atoms with Crippen molar-refractivity contribution in [2.75, 3.05) is 27.4 Å². The van der Waals surface area contributed by atoms with E-state index in [1.54, 1.807) is 30.3 Å². The van der Waals surface area contributed by atoms with E-state index in [9.17, 15) is 17.2 Å². The molecule has 0 spiro atoms. The summed E-state index contributed by atoms with van der Waals surface area (Å²) in [5.74, 6) is -1.08. The van der Waals surface area contributed by atoms with E-state index in [1.165, 1.54) is 14.2 Å². The second-order valence-corrected chi connectivity index (χ2v) is 8.93. The van der Waals surface area contributed by atoms with Crippen LogP contribution < -0.4 is 14.2 Å². The van der Waals surface area contributed by atoms with Gasteiger partial charge < -0.3 is 14.2 Å². The van der Waals surface area contributed by atoms with Gasteiger partial charge in [0.1, 0.15) is 6.61 Å². The van der Waals surface area contributed by atoms with Gasteiger partial charge in [-0.05, 0) is 36.4 Å². The predicted octanol–water partition coefficient (Wildman–Crippen LogP) is 3.63. The van der Waals surface area contributed by atoms with Gasteiger partial charge in [0, 0.05) is 30.3 Å². The minimum atomic E-state index is -4.10. The van der Waals surface area contributed by atoms with Crippen LogP contribution in [0, 0.1) is 11.6 Å². The smallest absolute Gasteiger partial charge is 0.243 e. The average Bonchev–Trinajstić information content (AvgIpc) is 3.03.